The van der Waals surface area contributed by atoms with Crippen LogP contribution in [0.2, 0.25) is 0 Å². The second-order valence-corrected chi connectivity index (χ2v) is 8.32. The summed E-state index contributed by atoms with van der Waals surface area (Å²) < 4.78 is 21.3. The molecule has 188 valence electrons. The normalized spacial score (nSPS) is 14.4. The molecule has 8 nitrogen and oxygen atoms in total. The van der Waals surface area contributed by atoms with Gasteiger partial charge in [-0.2, -0.15) is 0 Å². The molecular weight excluding hydrogens is 460 g/mol. The molecule has 1 N–H and O–H groups in total. The lowest BCUT2D eigenvalue weighted by molar-refractivity contribution is 0.0648. The predicted octanol–water partition coefficient (Wildman–Crippen LogP) is 3.89. The number of hydrogen-bond donors (Lipinski definition) is 1. The number of hydrogen-bond acceptors (Lipinski definition) is 6. The zero-order chi connectivity index (χ0) is 25.7. The molecule has 0 saturated carbocycles. The third kappa shape index (κ3) is 4.93. The van der Waals surface area contributed by atoms with Gasteiger partial charge in [0.1, 0.15) is 5.75 Å². The first-order chi connectivity index (χ1) is 17.5. The van der Waals surface area contributed by atoms with Crippen molar-refractivity contribution in [3.8, 4) is 23.0 Å². The second kappa shape index (κ2) is 11.0. The third-order valence-electron chi connectivity index (χ3n) is 6.39. The van der Waals surface area contributed by atoms with Gasteiger partial charge in [-0.15, -0.1) is 0 Å². The van der Waals surface area contributed by atoms with Crippen LogP contribution in [-0.4, -0.2) is 58.2 Å². The molecule has 0 radical (unpaired) electrons. The van der Waals surface area contributed by atoms with Crippen molar-refractivity contribution in [1.29, 1.82) is 0 Å². The predicted molar refractivity (Wildman–Crippen MR) is 135 cm³/mol. The van der Waals surface area contributed by atoms with Gasteiger partial charge in [0.2, 0.25) is 5.75 Å². The summed E-state index contributed by atoms with van der Waals surface area (Å²) in [5.41, 5.74) is 3.12. The highest BCUT2D eigenvalue weighted by Gasteiger charge is 2.31. The highest BCUT2D eigenvalue weighted by Crippen LogP contribution is 2.38. The van der Waals surface area contributed by atoms with E-state index in [0.29, 0.717) is 40.7 Å². The SMILES string of the molecule is COc1ccc(C(=O)N2CCc3ccccc3C2CNC(=O)c2cc(OC)c(OC)c(OC)c2)cc1. The summed E-state index contributed by atoms with van der Waals surface area (Å²) >= 11 is 0. The van der Waals surface area contributed by atoms with Crippen molar-refractivity contribution < 1.29 is 28.5 Å². The van der Waals surface area contributed by atoms with Crippen LogP contribution in [0.5, 0.6) is 23.0 Å². The maximum absolute atomic E-state index is 13.5. The van der Waals surface area contributed by atoms with Crippen LogP contribution in [0.15, 0.2) is 60.7 Å². The molecule has 1 atom stereocenters. The van der Waals surface area contributed by atoms with E-state index >= 15 is 0 Å². The van der Waals surface area contributed by atoms with Gasteiger partial charge in [0.15, 0.2) is 11.5 Å². The molecule has 36 heavy (non-hydrogen) atoms. The Morgan fingerprint density at radius 3 is 2.14 bits per heavy atom. The third-order valence-corrected chi connectivity index (χ3v) is 6.39. The number of nitrogens with zero attached hydrogens (tertiary/aromatic N) is 1. The molecule has 1 aliphatic rings. The second-order valence-electron chi connectivity index (χ2n) is 8.32. The Kier molecular flexibility index (Phi) is 7.63. The summed E-state index contributed by atoms with van der Waals surface area (Å²) in [4.78, 5) is 28.5. The van der Waals surface area contributed by atoms with Gasteiger partial charge in [0.05, 0.1) is 34.5 Å². The van der Waals surface area contributed by atoms with E-state index in [1.165, 1.54) is 26.9 Å². The minimum absolute atomic E-state index is 0.0980. The molecule has 1 aliphatic heterocycles. The Balaban J connectivity index is 1.60. The van der Waals surface area contributed by atoms with Crippen molar-refractivity contribution >= 4 is 11.8 Å². The average Bonchev–Trinajstić information content (AvgIpc) is 2.94. The van der Waals surface area contributed by atoms with E-state index in [9.17, 15) is 9.59 Å². The smallest absolute Gasteiger partial charge is 0.254 e. The van der Waals surface area contributed by atoms with Gasteiger partial charge in [-0.3, -0.25) is 9.59 Å². The number of amides is 2. The van der Waals surface area contributed by atoms with Gasteiger partial charge in [-0.05, 0) is 53.9 Å². The maximum Gasteiger partial charge on any atom is 0.254 e. The van der Waals surface area contributed by atoms with E-state index < -0.39 is 0 Å². The molecule has 3 aromatic rings. The first kappa shape index (κ1) is 24.9. The number of nitrogens with one attached hydrogen (secondary N) is 1. The maximum atomic E-state index is 13.5. The number of methoxy groups -OCH3 is 4. The van der Waals surface area contributed by atoms with E-state index in [2.05, 4.69) is 11.4 Å². The van der Waals surface area contributed by atoms with Gasteiger partial charge in [0.25, 0.3) is 11.8 Å². The van der Waals surface area contributed by atoms with Crippen molar-refractivity contribution in [2.24, 2.45) is 0 Å². The molecule has 0 aliphatic carbocycles. The van der Waals surface area contributed by atoms with E-state index in [4.69, 9.17) is 18.9 Å². The zero-order valence-electron chi connectivity index (χ0n) is 20.9. The van der Waals surface area contributed by atoms with E-state index in [-0.39, 0.29) is 24.4 Å². The lowest BCUT2D eigenvalue weighted by Crippen LogP contribution is -2.45. The monoisotopic (exact) mass is 490 g/mol. The molecule has 0 fully saturated rings. The standard InChI is InChI=1S/C28H30N2O6/c1-33-21-11-9-19(10-12-21)28(32)30-14-13-18-7-5-6-8-22(18)23(30)17-29-27(31)20-15-24(34-2)26(36-4)25(16-20)35-3/h5-12,15-16,23H,13-14,17H2,1-4H3,(H,29,31). The van der Waals surface area contributed by atoms with Crippen LogP contribution in [-0.2, 0) is 6.42 Å². The van der Waals surface area contributed by atoms with Gasteiger partial charge in [-0.25, -0.2) is 0 Å². The molecular formula is C28H30N2O6. The van der Waals surface area contributed by atoms with Crippen LogP contribution >= 0.6 is 0 Å². The van der Waals surface area contributed by atoms with Gasteiger partial charge >= 0.3 is 0 Å². The number of rotatable bonds is 8. The van der Waals surface area contributed by atoms with Crippen molar-refractivity contribution in [3.05, 3.63) is 82.9 Å². The van der Waals surface area contributed by atoms with Crippen molar-refractivity contribution in [2.75, 3.05) is 41.5 Å². The molecule has 2 amide bonds. The topological polar surface area (TPSA) is 86.3 Å². The number of ether oxygens (including phenoxy) is 4. The van der Waals surface area contributed by atoms with Crippen molar-refractivity contribution in [3.63, 3.8) is 0 Å². The summed E-state index contributed by atoms with van der Waals surface area (Å²) in [6, 6.07) is 18.0. The number of carbonyl (C=O) groups is 2. The first-order valence-corrected chi connectivity index (χ1v) is 11.6. The van der Waals surface area contributed by atoms with E-state index in [1.807, 2.05) is 23.1 Å². The zero-order valence-corrected chi connectivity index (χ0v) is 20.9. The minimum atomic E-state index is -0.324. The lowest BCUT2D eigenvalue weighted by Gasteiger charge is -2.37. The van der Waals surface area contributed by atoms with E-state index in [1.54, 1.807) is 43.5 Å². The van der Waals surface area contributed by atoms with Crippen LogP contribution in [0.25, 0.3) is 0 Å². The highest BCUT2D eigenvalue weighted by atomic mass is 16.5. The van der Waals surface area contributed by atoms with Gasteiger partial charge in [-0.1, -0.05) is 24.3 Å². The minimum Gasteiger partial charge on any atom is -0.497 e. The fraction of sp³-hybridized carbons (Fsp3) is 0.286. The molecule has 8 heteroatoms. The summed E-state index contributed by atoms with van der Waals surface area (Å²) in [5.74, 6) is 1.47. The Hall–Kier alpha value is -4.20. The summed E-state index contributed by atoms with van der Waals surface area (Å²) in [6.07, 6.45) is 0.745. The van der Waals surface area contributed by atoms with Gasteiger partial charge in [0, 0.05) is 24.2 Å². The Bertz CT molecular complexity index is 1220. The van der Waals surface area contributed by atoms with Crippen LogP contribution in [0.3, 0.4) is 0 Å². The molecule has 0 bridgehead atoms. The Morgan fingerprint density at radius 2 is 1.53 bits per heavy atom. The Labute approximate surface area is 210 Å². The quantitative estimate of drug-likeness (QED) is 0.516. The molecule has 0 saturated heterocycles. The molecule has 1 heterocycles. The number of fused-ring (bicyclic) bond motifs is 1. The molecule has 1 unspecified atom stereocenters. The highest BCUT2D eigenvalue weighted by molar-refractivity contribution is 5.96. The fourth-order valence-electron chi connectivity index (χ4n) is 4.52. The number of benzene rings is 3. The first-order valence-electron chi connectivity index (χ1n) is 11.6. The number of carbonyl (C=O) groups excluding carboxylic acids is 2. The fourth-order valence-corrected chi connectivity index (χ4v) is 4.52. The van der Waals surface area contributed by atoms with Gasteiger partial charge < -0.3 is 29.2 Å². The van der Waals surface area contributed by atoms with Crippen LogP contribution < -0.4 is 24.3 Å². The lowest BCUT2D eigenvalue weighted by atomic mass is 9.91. The molecule has 0 spiro atoms. The molecule has 3 aromatic carbocycles. The van der Waals surface area contributed by atoms with Crippen molar-refractivity contribution in [2.45, 2.75) is 12.5 Å². The van der Waals surface area contributed by atoms with E-state index in [0.717, 1.165) is 12.0 Å². The largest absolute Gasteiger partial charge is 0.497 e. The molecule has 0 aromatic heterocycles. The summed E-state index contributed by atoms with van der Waals surface area (Å²) in [5, 5.41) is 3.00. The van der Waals surface area contributed by atoms with Crippen LogP contribution in [0.1, 0.15) is 37.9 Å². The summed E-state index contributed by atoms with van der Waals surface area (Å²) in [6.45, 7) is 0.793. The van der Waals surface area contributed by atoms with Crippen LogP contribution in [0, 0.1) is 0 Å². The summed E-state index contributed by atoms with van der Waals surface area (Å²) in [7, 11) is 6.10. The Morgan fingerprint density at radius 1 is 0.861 bits per heavy atom. The average molecular weight is 491 g/mol. The van der Waals surface area contributed by atoms with Crippen molar-refractivity contribution in [1.82, 2.24) is 10.2 Å². The molecule has 4 rings (SSSR count). The van der Waals surface area contributed by atoms with Crippen LogP contribution in [0.4, 0.5) is 0 Å².